The highest BCUT2D eigenvalue weighted by Gasteiger charge is 2.67. The van der Waals surface area contributed by atoms with E-state index in [2.05, 4.69) is 88.4 Å². The van der Waals surface area contributed by atoms with Crippen LogP contribution < -0.4 is 0 Å². The van der Waals surface area contributed by atoms with Crippen LogP contribution in [0.1, 0.15) is 96.6 Å². The third kappa shape index (κ3) is 6.61. The Bertz CT molecular complexity index is 1240. The van der Waals surface area contributed by atoms with Crippen molar-refractivity contribution in [3.8, 4) is 0 Å². The summed E-state index contributed by atoms with van der Waals surface area (Å²) in [4.78, 5) is 0. The molecule has 13 atom stereocenters. The number of aliphatic hydroxyl groups excluding tert-OH is 3. The highest BCUT2D eigenvalue weighted by atomic mass is 16.5. The van der Waals surface area contributed by atoms with Crippen molar-refractivity contribution in [1.29, 1.82) is 0 Å². The van der Waals surface area contributed by atoms with Crippen LogP contribution in [0.2, 0.25) is 0 Å². The van der Waals surface area contributed by atoms with Gasteiger partial charge in [0.1, 0.15) is 0 Å². The minimum atomic E-state index is -0.693. The summed E-state index contributed by atoms with van der Waals surface area (Å²) in [6, 6.07) is 21.0. The van der Waals surface area contributed by atoms with Crippen molar-refractivity contribution in [1.82, 2.24) is 0 Å². The lowest BCUT2D eigenvalue weighted by atomic mass is 9.43. The van der Waals surface area contributed by atoms with Gasteiger partial charge in [-0.05, 0) is 108 Å². The number of ether oxygens (including phenoxy) is 2. The van der Waals surface area contributed by atoms with E-state index in [0.717, 1.165) is 57.8 Å². The van der Waals surface area contributed by atoms with Gasteiger partial charge in [-0.1, -0.05) is 101 Å². The molecule has 2 aromatic rings. The first-order chi connectivity index (χ1) is 22.2. The average Bonchev–Trinajstić information content (AvgIpc) is 3.27. The molecule has 0 bridgehead atoms. The van der Waals surface area contributed by atoms with Crippen LogP contribution in [0.15, 0.2) is 60.7 Å². The van der Waals surface area contributed by atoms with Crippen LogP contribution in [0.25, 0.3) is 0 Å². The first-order valence-electron chi connectivity index (χ1n) is 18.4. The van der Waals surface area contributed by atoms with Crippen LogP contribution in [0.4, 0.5) is 0 Å². The molecule has 5 heteroatoms. The van der Waals surface area contributed by atoms with Gasteiger partial charge in [0.05, 0.1) is 37.6 Å². The van der Waals surface area contributed by atoms with E-state index >= 15 is 0 Å². The van der Waals surface area contributed by atoms with E-state index in [1.807, 2.05) is 0 Å². The number of benzene rings is 2. The molecule has 0 spiro atoms. The fourth-order valence-electron chi connectivity index (χ4n) is 11.3. The Balaban J connectivity index is 1.23. The van der Waals surface area contributed by atoms with Gasteiger partial charge < -0.3 is 24.8 Å². The number of aliphatic hydroxyl groups is 3. The molecule has 2 aromatic carbocycles. The molecule has 0 aromatic heterocycles. The van der Waals surface area contributed by atoms with E-state index in [4.69, 9.17) is 9.47 Å². The van der Waals surface area contributed by atoms with Gasteiger partial charge in [0.15, 0.2) is 0 Å². The summed E-state index contributed by atoms with van der Waals surface area (Å²) in [6.07, 6.45) is 8.42. The van der Waals surface area contributed by atoms with E-state index in [1.165, 1.54) is 11.1 Å². The van der Waals surface area contributed by atoms with Gasteiger partial charge in [-0.2, -0.15) is 0 Å². The number of rotatable bonds is 12. The van der Waals surface area contributed by atoms with Crippen molar-refractivity contribution < 1.29 is 24.8 Å². The lowest BCUT2D eigenvalue weighted by Crippen LogP contribution is -2.60. The lowest BCUT2D eigenvalue weighted by molar-refractivity contribution is -0.201. The number of hydrogen-bond acceptors (Lipinski definition) is 5. The monoisotopic (exact) mass is 632 g/mol. The second-order valence-corrected chi connectivity index (χ2v) is 16.4. The summed E-state index contributed by atoms with van der Waals surface area (Å²) < 4.78 is 13.5. The fraction of sp³-hybridized carbons (Fsp3) is 0.707. The zero-order valence-corrected chi connectivity index (χ0v) is 28.8. The van der Waals surface area contributed by atoms with E-state index in [1.54, 1.807) is 0 Å². The highest BCUT2D eigenvalue weighted by Crippen LogP contribution is 2.69. The summed E-state index contributed by atoms with van der Waals surface area (Å²) in [5.74, 6) is 2.07. The number of hydrogen-bond donors (Lipinski definition) is 3. The Labute approximate surface area is 278 Å². The molecule has 4 aliphatic carbocycles. The van der Waals surface area contributed by atoms with Crippen molar-refractivity contribution in [2.24, 2.45) is 52.3 Å². The lowest BCUT2D eigenvalue weighted by Gasteiger charge is -2.63. The summed E-state index contributed by atoms with van der Waals surface area (Å²) in [6.45, 7) is 10.8. The third-order valence-electron chi connectivity index (χ3n) is 13.7. The van der Waals surface area contributed by atoms with Gasteiger partial charge in [0, 0.05) is 6.61 Å². The highest BCUT2D eigenvalue weighted by molar-refractivity contribution is 5.18. The molecule has 0 aliphatic heterocycles. The van der Waals surface area contributed by atoms with Crippen molar-refractivity contribution in [2.75, 3.05) is 6.61 Å². The largest absolute Gasteiger partial charge is 0.396 e. The van der Waals surface area contributed by atoms with Crippen LogP contribution in [0, 0.1) is 52.3 Å². The molecule has 4 saturated carbocycles. The van der Waals surface area contributed by atoms with Gasteiger partial charge in [0.25, 0.3) is 0 Å². The van der Waals surface area contributed by atoms with E-state index in [-0.39, 0.29) is 41.5 Å². The zero-order chi connectivity index (χ0) is 32.5. The average molecular weight is 633 g/mol. The summed E-state index contributed by atoms with van der Waals surface area (Å²) >= 11 is 0. The first-order valence-corrected chi connectivity index (χ1v) is 18.4. The second kappa shape index (κ2) is 14.4. The van der Waals surface area contributed by atoms with Gasteiger partial charge in [-0.3, -0.25) is 0 Å². The van der Waals surface area contributed by atoms with E-state index in [9.17, 15) is 15.3 Å². The Hall–Kier alpha value is -1.76. The van der Waals surface area contributed by atoms with Gasteiger partial charge in [-0.25, -0.2) is 0 Å². The minimum absolute atomic E-state index is 0.0812. The van der Waals surface area contributed by atoms with E-state index < -0.39 is 12.2 Å². The molecule has 46 heavy (non-hydrogen) atoms. The van der Waals surface area contributed by atoms with E-state index in [0.29, 0.717) is 42.8 Å². The molecule has 4 fully saturated rings. The quantitative estimate of drug-likeness (QED) is 0.223. The molecule has 0 unspecified atom stereocenters. The Morgan fingerprint density at radius 3 is 2.04 bits per heavy atom. The maximum atomic E-state index is 11.9. The molecule has 4 aliphatic rings. The smallest absolute Gasteiger partial charge is 0.0838 e. The predicted octanol–water partition coefficient (Wildman–Crippen LogP) is 7.80. The molecule has 6 rings (SSSR count). The van der Waals surface area contributed by atoms with Crippen LogP contribution in [0.3, 0.4) is 0 Å². The van der Waals surface area contributed by atoms with Gasteiger partial charge >= 0.3 is 0 Å². The van der Waals surface area contributed by atoms with Gasteiger partial charge in [0.2, 0.25) is 0 Å². The Morgan fingerprint density at radius 2 is 1.39 bits per heavy atom. The molecule has 0 saturated heterocycles. The normalized spacial score (nSPS) is 40.0. The molecular formula is C41H60O5. The van der Waals surface area contributed by atoms with Crippen LogP contribution in [0.5, 0.6) is 0 Å². The minimum Gasteiger partial charge on any atom is -0.396 e. The summed E-state index contributed by atoms with van der Waals surface area (Å²) in [5, 5.41) is 33.2. The predicted molar refractivity (Wildman–Crippen MR) is 183 cm³/mol. The second-order valence-electron chi connectivity index (χ2n) is 16.4. The topological polar surface area (TPSA) is 79.2 Å². The Kier molecular flexibility index (Phi) is 10.7. The number of fused-ring (bicyclic) bond motifs is 5. The SMILES string of the molecule is C[C@@H](CO)CCC[C@@H](C)[C@H]1[C@@H](O)[C@H](O)[C@H]2[C@@H]3C[C@@H](OCc4ccccc4)[C@H]4C[C@@H](OCc5ccccc5)CC[C@]4(C)[C@H]3CC[C@]12C. The van der Waals surface area contributed by atoms with Crippen LogP contribution >= 0.6 is 0 Å². The van der Waals surface area contributed by atoms with Crippen molar-refractivity contribution in [3.63, 3.8) is 0 Å². The Morgan fingerprint density at radius 1 is 0.761 bits per heavy atom. The van der Waals surface area contributed by atoms with Gasteiger partial charge in [-0.15, -0.1) is 0 Å². The van der Waals surface area contributed by atoms with Crippen LogP contribution in [-0.4, -0.2) is 46.3 Å². The molecule has 0 heterocycles. The fourth-order valence-corrected chi connectivity index (χ4v) is 11.3. The molecule has 3 N–H and O–H groups in total. The molecular weight excluding hydrogens is 572 g/mol. The van der Waals surface area contributed by atoms with Crippen LogP contribution in [-0.2, 0) is 22.7 Å². The van der Waals surface area contributed by atoms with Crippen molar-refractivity contribution >= 4 is 0 Å². The first kappa shape index (κ1) is 34.1. The molecule has 5 nitrogen and oxygen atoms in total. The summed E-state index contributed by atoms with van der Waals surface area (Å²) in [7, 11) is 0. The maximum Gasteiger partial charge on any atom is 0.0838 e. The molecule has 0 amide bonds. The maximum absolute atomic E-state index is 11.9. The van der Waals surface area contributed by atoms with Crippen molar-refractivity contribution in [3.05, 3.63) is 71.8 Å². The standard InChI is InChI=1S/C41H60O5/c1-27(24-42)12-11-13-28(2)36-38(43)39(44)37-32-23-35(46-26-30-16-9-6-10-17-30)34-22-31(45-25-29-14-7-5-8-15-29)18-20-40(34,3)33(32)19-21-41(36,37)4/h5-10,14-17,27-28,31-39,42-44H,11-13,18-26H2,1-4H3/t27-,28-,31+,32-,33+,34-,35-,36+,37-,38-,39-,40-,41-/m1/s1. The van der Waals surface area contributed by atoms with Crippen molar-refractivity contribution in [2.45, 2.75) is 123 Å². The molecule has 254 valence electrons. The third-order valence-corrected chi connectivity index (χ3v) is 13.7. The molecule has 0 radical (unpaired) electrons. The zero-order valence-electron chi connectivity index (χ0n) is 28.8. The summed E-state index contributed by atoms with van der Waals surface area (Å²) in [5.41, 5.74) is 2.45.